The lowest BCUT2D eigenvalue weighted by Crippen LogP contribution is -2.20. The van der Waals surface area contributed by atoms with E-state index in [1.54, 1.807) is 17.5 Å². The van der Waals surface area contributed by atoms with Crippen LogP contribution in [-0.2, 0) is 4.79 Å². The monoisotopic (exact) mass is 276 g/mol. The van der Waals surface area contributed by atoms with Gasteiger partial charge in [-0.2, -0.15) is 5.26 Å². The van der Waals surface area contributed by atoms with Gasteiger partial charge in [0.1, 0.15) is 5.82 Å². The predicted octanol–water partition coefficient (Wildman–Crippen LogP) is 3.00. The van der Waals surface area contributed by atoms with Crippen molar-refractivity contribution in [2.45, 2.75) is 6.04 Å². The minimum absolute atomic E-state index is 0.0554. The van der Waals surface area contributed by atoms with Crippen LogP contribution in [0.25, 0.3) is 0 Å². The molecule has 1 aromatic heterocycles. The Kier molecular flexibility index (Phi) is 3.78. The van der Waals surface area contributed by atoms with Gasteiger partial charge in [0.2, 0.25) is 0 Å². The molecule has 6 heteroatoms. The minimum Gasteiger partial charge on any atom is -0.479 e. The Morgan fingerprint density at radius 2 is 2.26 bits per heavy atom. The fraction of sp³-hybridized carbons (Fsp3) is 0.0769. The van der Waals surface area contributed by atoms with Crippen LogP contribution < -0.4 is 5.32 Å². The van der Waals surface area contributed by atoms with Crippen LogP contribution in [0.3, 0.4) is 0 Å². The zero-order chi connectivity index (χ0) is 13.8. The molecule has 0 aliphatic carbocycles. The van der Waals surface area contributed by atoms with Crippen LogP contribution in [0.2, 0.25) is 0 Å². The normalized spacial score (nSPS) is 11.6. The minimum atomic E-state index is -1.09. The van der Waals surface area contributed by atoms with Crippen molar-refractivity contribution in [3.05, 3.63) is 52.0 Å². The number of nitrogens with zero attached hydrogens (tertiary/aromatic N) is 1. The molecule has 2 aromatic rings. The summed E-state index contributed by atoms with van der Waals surface area (Å²) in [5.41, 5.74) is 0.242. The third-order valence-electron chi connectivity index (χ3n) is 2.47. The fourth-order valence-electron chi connectivity index (χ4n) is 1.57. The number of nitrogens with one attached hydrogen (secondary N) is 1. The summed E-state index contributed by atoms with van der Waals surface area (Å²) in [6.07, 6.45) is 0. The molecule has 0 bridgehead atoms. The maximum absolute atomic E-state index is 13.7. The number of hydrogen-bond donors (Lipinski definition) is 2. The quantitative estimate of drug-likeness (QED) is 0.900. The van der Waals surface area contributed by atoms with Crippen LogP contribution in [0.5, 0.6) is 0 Å². The van der Waals surface area contributed by atoms with Crippen molar-refractivity contribution in [3.63, 3.8) is 0 Å². The molecule has 0 aliphatic heterocycles. The Bertz CT molecular complexity index is 635. The second-order valence-corrected chi connectivity index (χ2v) is 4.72. The van der Waals surface area contributed by atoms with Crippen LogP contribution in [-0.4, -0.2) is 11.1 Å². The molecule has 4 nitrogen and oxygen atoms in total. The first kappa shape index (κ1) is 13.1. The molecule has 1 aromatic carbocycles. The zero-order valence-electron chi connectivity index (χ0n) is 9.63. The molecule has 2 N–H and O–H groups in total. The van der Waals surface area contributed by atoms with E-state index in [2.05, 4.69) is 5.32 Å². The van der Waals surface area contributed by atoms with Gasteiger partial charge in [0.15, 0.2) is 6.04 Å². The van der Waals surface area contributed by atoms with Crippen LogP contribution >= 0.6 is 11.3 Å². The SMILES string of the molecule is N#Cc1ccc(NC(C(=O)O)c2cccs2)c(F)c1. The molecule has 0 aliphatic rings. The van der Waals surface area contributed by atoms with Crippen molar-refractivity contribution in [2.75, 3.05) is 5.32 Å². The highest BCUT2D eigenvalue weighted by Gasteiger charge is 2.21. The van der Waals surface area contributed by atoms with Gasteiger partial charge in [-0.3, -0.25) is 0 Å². The molecule has 1 heterocycles. The van der Waals surface area contributed by atoms with Crippen LogP contribution in [0.4, 0.5) is 10.1 Å². The zero-order valence-corrected chi connectivity index (χ0v) is 10.4. The van der Waals surface area contributed by atoms with Crippen molar-refractivity contribution in [1.29, 1.82) is 5.26 Å². The third kappa shape index (κ3) is 2.89. The number of carboxylic acids is 1. The Labute approximate surface area is 112 Å². The van der Waals surface area contributed by atoms with E-state index in [0.29, 0.717) is 4.88 Å². The average molecular weight is 276 g/mol. The van der Waals surface area contributed by atoms with E-state index in [0.717, 1.165) is 6.07 Å². The van der Waals surface area contributed by atoms with E-state index in [4.69, 9.17) is 10.4 Å². The van der Waals surface area contributed by atoms with Crippen molar-refractivity contribution >= 4 is 23.0 Å². The standard InChI is InChI=1S/C13H9FN2O2S/c14-9-6-8(7-15)3-4-10(9)16-12(13(17)18)11-2-1-5-19-11/h1-6,12,16H,(H,17,18). The van der Waals surface area contributed by atoms with E-state index in [1.807, 2.05) is 6.07 Å². The number of benzene rings is 1. The number of anilines is 1. The van der Waals surface area contributed by atoms with Gasteiger partial charge in [-0.15, -0.1) is 11.3 Å². The number of carbonyl (C=O) groups is 1. The first-order valence-electron chi connectivity index (χ1n) is 5.34. The number of nitriles is 1. The first-order chi connectivity index (χ1) is 9.11. The number of halogens is 1. The van der Waals surface area contributed by atoms with E-state index < -0.39 is 17.8 Å². The maximum atomic E-state index is 13.7. The summed E-state index contributed by atoms with van der Waals surface area (Å²) >= 11 is 1.27. The van der Waals surface area contributed by atoms with Crippen LogP contribution in [0.15, 0.2) is 35.7 Å². The van der Waals surface area contributed by atoms with Crippen LogP contribution in [0.1, 0.15) is 16.5 Å². The molecular weight excluding hydrogens is 267 g/mol. The van der Waals surface area contributed by atoms with Gasteiger partial charge in [0.25, 0.3) is 0 Å². The summed E-state index contributed by atoms with van der Waals surface area (Å²) in [5, 5.41) is 22.2. The lowest BCUT2D eigenvalue weighted by molar-refractivity contribution is -0.138. The van der Waals surface area contributed by atoms with Gasteiger partial charge in [0.05, 0.1) is 17.3 Å². The lowest BCUT2D eigenvalue weighted by atomic mass is 10.2. The molecule has 2 rings (SSSR count). The van der Waals surface area contributed by atoms with E-state index in [-0.39, 0.29) is 11.3 Å². The van der Waals surface area contributed by atoms with E-state index in [1.165, 1.54) is 23.5 Å². The fourth-order valence-corrected chi connectivity index (χ4v) is 2.33. The number of rotatable bonds is 4. The molecule has 96 valence electrons. The number of thiophene rings is 1. The highest BCUT2D eigenvalue weighted by Crippen LogP contribution is 2.25. The molecule has 0 fully saturated rings. The second-order valence-electron chi connectivity index (χ2n) is 3.74. The van der Waals surface area contributed by atoms with E-state index >= 15 is 0 Å². The Morgan fingerprint density at radius 1 is 1.47 bits per heavy atom. The number of carboxylic acid groups (broad SMARTS) is 1. The van der Waals surface area contributed by atoms with Crippen molar-refractivity contribution in [2.24, 2.45) is 0 Å². The molecule has 1 unspecified atom stereocenters. The smallest absolute Gasteiger partial charge is 0.331 e. The molecule has 0 radical (unpaired) electrons. The molecule has 19 heavy (non-hydrogen) atoms. The average Bonchev–Trinajstić information content (AvgIpc) is 2.90. The van der Waals surface area contributed by atoms with Gasteiger partial charge in [-0.25, -0.2) is 9.18 Å². The topological polar surface area (TPSA) is 73.1 Å². The van der Waals surface area contributed by atoms with Crippen molar-refractivity contribution in [1.82, 2.24) is 0 Å². The highest BCUT2D eigenvalue weighted by molar-refractivity contribution is 7.10. The molecule has 1 atom stereocenters. The van der Waals surface area contributed by atoms with Gasteiger partial charge in [-0.05, 0) is 29.6 Å². The highest BCUT2D eigenvalue weighted by atomic mass is 32.1. The molecular formula is C13H9FN2O2S. The van der Waals surface area contributed by atoms with Gasteiger partial charge < -0.3 is 10.4 Å². The number of hydrogen-bond acceptors (Lipinski definition) is 4. The molecule has 0 saturated heterocycles. The lowest BCUT2D eigenvalue weighted by Gasteiger charge is -2.14. The predicted molar refractivity (Wildman–Crippen MR) is 69.4 cm³/mol. The number of aliphatic carboxylic acids is 1. The Hall–Kier alpha value is -2.39. The Balaban J connectivity index is 2.28. The largest absolute Gasteiger partial charge is 0.479 e. The van der Waals surface area contributed by atoms with Crippen molar-refractivity contribution in [3.8, 4) is 6.07 Å². The summed E-state index contributed by atoms with van der Waals surface area (Å²) in [6.45, 7) is 0. The van der Waals surface area contributed by atoms with E-state index in [9.17, 15) is 9.18 Å². The molecule has 0 spiro atoms. The summed E-state index contributed by atoms with van der Waals surface area (Å²) in [4.78, 5) is 11.8. The van der Waals surface area contributed by atoms with Gasteiger partial charge in [0, 0.05) is 4.88 Å². The molecule has 0 amide bonds. The first-order valence-corrected chi connectivity index (χ1v) is 6.22. The summed E-state index contributed by atoms with van der Waals surface area (Å²) in [5.74, 6) is -1.74. The van der Waals surface area contributed by atoms with Gasteiger partial charge in [-0.1, -0.05) is 6.07 Å². The third-order valence-corrected chi connectivity index (χ3v) is 3.41. The van der Waals surface area contributed by atoms with Gasteiger partial charge >= 0.3 is 5.97 Å². The summed E-state index contributed by atoms with van der Waals surface area (Å²) < 4.78 is 13.7. The second kappa shape index (κ2) is 5.50. The molecule has 0 saturated carbocycles. The maximum Gasteiger partial charge on any atom is 0.331 e. The Morgan fingerprint density at radius 3 is 2.79 bits per heavy atom. The summed E-state index contributed by atoms with van der Waals surface area (Å²) in [7, 11) is 0. The van der Waals surface area contributed by atoms with Crippen LogP contribution in [0, 0.1) is 17.1 Å². The summed E-state index contributed by atoms with van der Waals surface area (Å²) in [6, 6.07) is 8.05. The van der Waals surface area contributed by atoms with Crippen molar-refractivity contribution < 1.29 is 14.3 Å².